The molecule has 0 aromatic carbocycles. The van der Waals surface area contributed by atoms with Gasteiger partial charge in [0.05, 0.1) is 18.3 Å². The first-order valence-corrected chi connectivity index (χ1v) is 5.51. The van der Waals surface area contributed by atoms with Crippen LogP contribution in [0.5, 0.6) is 0 Å². The molecule has 1 fully saturated rings. The minimum absolute atomic E-state index is 0.220. The highest BCUT2D eigenvalue weighted by Crippen LogP contribution is 2.23. The largest absolute Gasteiger partial charge is 0.388 e. The maximum Gasteiger partial charge on any atom is 0.0875 e. The number of rotatable bonds is 4. The molecule has 0 aliphatic heterocycles. The van der Waals surface area contributed by atoms with Crippen molar-refractivity contribution in [2.45, 2.75) is 57.8 Å². The van der Waals surface area contributed by atoms with E-state index in [4.69, 9.17) is 10.5 Å². The Morgan fingerprint density at radius 2 is 2.14 bits per heavy atom. The lowest BCUT2D eigenvalue weighted by Crippen LogP contribution is -2.38. The van der Waals surface area contributed by atoms with Crippen LogP contribution >= 0.6 is 0 Å². The van der Waals surface area contributed by atoms with Crippen LogP contribution in [0.4, 0.5) is 0 Å². The Bertz CT molecular complexity index is 180. The van der Waals surface area contributed by atoms with Crippen molar-refractivity contribution in [3.05, 3.63) is 0 Å². The maximum absolute atomic E-state index is 9.96. The van der Waals surface area contributed by atoms with E-state index in [2.05, 4.69) is 0 Å². The number of nitrogens with two attached hydrogens (primary N) is 1. The number of hydrogen-bond acceptors (Lipinski definition) is 3. The summed E-state index contributed by atoms with van der Waals surface area (Å²) in [5.74, 6) is 0.220. The van der Waals surface area contributed by atoms with Crippen LogP contribution in [0.2, 0.25) is 0 Å². The van der Waals surface area contributed by atoms with E-state index in [9.17, 15) is 5.11 Å². The van der Waals surface area contributed by atoms with E-state index in [0.717, 1.165) is 19.3 Å². The molecule has 0 aromatic heterocycles. The molecule has 3 N–H and O–H groups in total. The number of ether oxygens (including phenoxy) is 1. The standard InChI is InChI=1S/C11H23NO2/c1-8(2)11(3,13)7-14-10-5-4-9(12)6-10/h8-10,13H,4-7,12H2,1-3H3. The Morgan fingerprint density at radius 3 is 2.57 bits per heavy atom. The zero-order valence-electron chi connectivity index (χ0n) is 9.49. The van der Waals surface area contributed by atoms with Crippen LogP contribution in [0.25, 0.3) is 0 Å². The predicted octanol–water partition coefficient (Wildman–Crippen LogP) is 1.29. The number of hydrogen-bond donors (Lipinski definition) is 2. The Balaban J connectivity index is 2.26. The van der Waals surface area contributed by atoms with E-state index < -0.39 is 5.60 Å². The molecule has 0 heterocycles. The normalized spacial score (nSPS) is 32.1. The van der Waals surface area contributed by atoms with Crippen LogP contribution in [0.15, 0.2) is 0 Å². The summed E-state index contributed by atoms with van der Waals surface area (Å²) in [6.07, 6.45) is 3.29. The Labute approximate surface area is 86.6 Å². The smallest absolute Gasteiger partial charge is 0.0875 e. The first kappa shape index (κ1) is 12.0. The van der Waals surface area contributed by atoms with Crippen LogP contribution < -0.4 is 5.73 Å². The lowest BCUT2D eigenvalue weighted by Gasteiger charge is -2.28. The van der Waals surface area contributed by atoms with Crippen molar-refractivity contribution in [3.8, 4) is 0 Å². The topological polar surface area (TPSA) is 55.5 Å². The van der Waals surface area contributed by atoms with E-state index in [1.165, 1.54) is 0 Å². The summed E-state index contributed by atoms with van der Waals surface area (Å²) in [6.45, 7) is 6.25. The Morgan fingerprint density at radius 1 is 1.50 bits per heavy atom. The van der Waals surface area contributed by atoms with Gasteiger partial charge in [0.25, 0.3) is 0 Å². The van der Waals surface area contributed by atoms with Crippen LogP contribution in [0.3, 0.4) is 0 Å². The highest BCUT2D eigenvalue weighted by molar-refractivity contribution is 4.81. The lowest BCUT2D eigenvalue weighted by molar-refractivity contribution is -0.0849. The van der Waals surface area contributed by atoms with Gasteiger partial charge in [-0.2, -0.15) is 0 Å². The summed E-state index contributed by atoms with van der Waals surface area (Å²) in [5.41, 5.74) is 5.07. The second-order valence-corrected chi connectivity index (χ2v) is 5.02. The molecular formula is C11H23NO2. The van der Waals surface area contributed by atoms with Gasteiger partial charge < -0.3 is 15.6 Å². The minimum atomic E-state index is -0.716. The van der Waals surface area contributed by atoms with Crippen molar-refractivity contribution >= 4 is 0 Å². The zero-order chi connectivity index (χ0) is 10.8. The molecule has 0 aromatic rings. The average molecular weight is 201 g/mol. The highest BCUT2D eigenvalue weighted by Gasteiger charge is 2.29. The number of aliphatic hydroxyl groups is 1. The second-order valence-electron chi connectivity index (χ2n) is 5.02. The van der Waals surface area contributed by atoms with Gasteiger partial charge in [-0.15, -0.1) is 0 Å². The van der Waals surface area contributed by atoms with E-state index >= 15 is 0 Å². The SMILES string of the molecule is CC(C)C(C)(O)COC1CCC(N)C1. The van der Waals surface area contributed by atoms with Gasteiger partial charge in [0, 0.05) is 6.04 Å². The van der Waals surface area contributed by atoms with Gasteiger partial charge in [-0.25, -0.2) is 0 Å². The van der Waals surface area contributed by atoms with Crippen molar-refractivity contribution in [2.75, 3.05) is 6.61 Å². The zero-order valence-corrected chi connectivity index (χ0v) is 9.49. The minimum Gasteiger partial charge on any atom is -0.388 e. The Hall–Kier alpha value is -0.120. The molecule has 1 aliphatic carbocycles. The van der Waals surface area contributed by atoms with Crippen molar-refractivity contribution < 1.29 is 9.84 Å². The van der Waals surface area contributed by atoms with Crippen molar-refractivity contribution in [1.82, 2.24) is 0 Å². The van der Waals surface area contributed by atoms with Crippen molar-refractivity contribution in [1.29, 1.82) is 0 Å². The third-order valence-corrected chi connectivity index (χ3v) is 3.28. The fraction of sp³-hybridized carbons (Fsp3) is 1.00. The third-order valence-electron chi connectivity index (χ3n) is 3.28. The summed E-state index contributed by atoms with van der Waals surface area (Å²) in [7, 11) is 0. The van der Waals surface area contributed by atoms with Gasteiger partial charge in [-0.3, -0.25) is 0 Å². The molecule has 3 atom stereocenters. The van der Waals surface area contributed by atoms with Crippen LogP contribution in [0.1, 0.15) is 40.0 Å². The van der Waals surface area contributed by atoms with Crippen molar-refractivity contribution in [3.63, 3.8) is 0 Å². The average Bonchev–Trinajstić information content (AvgIpc) is 2.48. The molecule has 3 heteroatoms. The second kappa shape index (κ2) is 4.60. The molecule has 0 saturated heterocycles. The summed E-state index contributed by atoms with van der Waals surface area (Å²) in [4.78, 5) is 0. The molecule has 14 heavy (non-hydrogen) atoms. The van der Waals surface area contributed by atoms with Crippen LogP contribution in [0, 0.1) is 5.92 Å². The third kappa shape index (κ3) is 3.23. The van der Waals surface area contributed by atoms with Crippen LogP contribution in [-0.4, -0.2) is 29.5 Å². The maximum atomic E-state index is 9.96. The fourth-order valence-electron chi connectivity index (χ4n) is 1.58. The van der Waals surface area contributed by atoms with Gasteiger partial charge in [0.1, 0.15) is 0 Å². The van der Waals surface area contributed by atoms with E-state index in [-0.39, 0.29) is 12.0 Å². The highest BCUT2D eigenvalue weighted by atomic mass is 16.5. The van der Waals surface area contributed by atoms with E-state index in [1.54, 1.807) is 0 Å². The summed E-state index contributed by atoms with van der Waals surface area (Å²) >= 11 is 0. The summed E-state index contributed by atoms with van der Waals surface area (Å²) in [6, 6.07) is 0.295. The molecule has 84 valence electrons. The molecule has 0 spiro atoms. The molecule has 0 amide bonds. The molecule has 0 bridgehead atoms. The monoisotopic (exact) mass is 201 g/mol. The van der Waals surface area contributed by atoms with Gasteiger partial charge in [-0.1, -0.05) is 13.8 Å². The van der Waals surface area contributed by atoms with E-state index in [0.29, 0.717) is 12.6 Å². The summed E-state index contributed by atoms with van der Waals surface area (Å²) < 4.78 is 5.67. The van der Waals surface area contributed by atoms with Gasteiger partial charge in [-0.05, 0) is 32.1 Å². The first-order chi connectivity index (χ1) is 6.42. The van der Waals surface area contributed by atoms with Crippen molar-refractivity contribution in [2.24, 2.45) is 11.7 Å². The van der Waals surface area contributed by atoms with Crippen LogP contribution in [-0.2, 0) is 4.74 Å². The van der Waals surface area contributed by atoms with Gasteiger partial charge >= 0.3 is 0 Å². The predicted molar refractivity (Wildman–Crippen MR) is 57.0 cm³/mol. The Kier molecular flexibility index (Phi) is 3.93. The molecule has 1 rings (SSSR count). The summed E-state index contributed by atoms with van der Waals surface area (Å²) in [5, 5.41) is 9.96. The van der Waals surface area contributed by atoms with Gasteiger partial charge in [0.2, 0.25) is 0 Å². The van der Waals surface area contributed by atoms with E-state index in [1.807, 2.05) is 20.8 Å². The molecule has 3 nitrogen and oxygen atoms in total. The quantitative estimate of drug-likeness (QED) is 0.720. The first-order valence-electron chi connectivity index (χ1n) is 5.51. The fourth-order valence-corrected chi connectivity index (χ4v) is 1.58. The molecule has 1 aliphatic rings. The molecule has 3 unspecified atom stereocenters. The molecular weight excluding hydrogens is 178 g/mol. The molecule has 1 saturated carbocycles. The van der Waals surface area contributed by atoms with Gasteiger partial charge in [0.15, 0.2) is 0 Å². The lowest BCUT2D eigenvalue weighted by atomic mass is 9.94. The molecule has 0 radical (unpaired) electrons.